The summed E-state index contributed by atoms with van der Waals surface area (Å²) < 4.78 is 0. The number of hydrogen-bond donors (Lipinski definition) is 1. The molecule has 0 radical (unpaired) electrons. The van der Waals surface area contributed by atoms with Crippen LogP contribution in [-0.4, -0.2) is 0 Å². The first-order valence-electron chi connectivity index (χ1n) is 5.77. The van der Waals surface area contributed by atoms with Gasteiger partial charge in [-0.2, -0.15) is 5.26 Å². The Morgan fingerprint density at radius 1 is 1.05 bits per heavy atom. The number of rotatable bonds is 3. The smallest absolute Gasteiger partial charge is 0.140 e. The Kier molecular flexibility index (Phi) is 4.31. The van der Waals surface area contributed by atoms with Crippen molar-refractivity contribution < 1.29 is 0 Å². The molecule has 0 bridgehead atoms. The number of nitriles is 1. The van der Waals surface area contributed by atoms with E-state index in [9.17, 15) is 5.26 Å². The second kappa shape index (κ2) is 5.97. The topological polar surface area (TPSA) is 35.8 Å². The van der Waals surface area contributed by atoms with E-state index in [0.29, 0.717) is 10.0 Å². The van der Waals surface area contributed by atoms with Crippen molar-refractivity contribution in [1.29, 1.82) is 5.26 Å². The summed E-state index contributed by atoms with van der Waals surface area (Å²) in [5.41, 5.74) is 2.80. The van der Waals surface area contributed by atoms with Gasteiger partial charge in [-0.3, -0.25) is 0 Å². The van der Waals surface area contributed by atoms with Gasteiger partial charge in [-0.25, -0.2) is 0 Å². The van der Waals surface area contributed by atoms with Gasteiger partial charge in [0.1, 0.15) is 6.04 Å². The van der Waals surface area contributed by atoms with Crippen molar-refractivity contribution in [2.75, 3.05) is 5.32 Å². The van der Waals surface area contributed by atoms with Gasteiger partial charge >= 0.3 is 0 Å². The Morgan fingerprint density at radius 3 is 2.16 bits per heavy atom. The predicted molar refractivity (Wildman–Crippen MR) is 79.6 cm³/mol. The lowest BCUT2D eigenvalue weighted by atomic mass is 10.1. The third-order valence-corrected chi connectivity index (χ3v) is 3.15. The van der Waals surface area contributed by atoms with Crippen LogP contribution in [0.4, 0.5) is 5.69 Å². The van der Waals surface area contributed by atoms with Crippen LogP contribution in [0.2, 0.25) is 10.0 Å². The zero-order valence-corrected chi connectivity index (χ0v) is 11.8. The molecule has 96 valence electrons. The number of nitrogens with one attached hydrogen (secondary N) is 1. The zero-order chi connectivity index (χ0) is 13.8. The van der Waals surface area contributed by atoms with Gasteiger partial charge in [0.05, 0.1) is 6.07 Å². The van der Waals surface area contributed by atoms with E-state index in [1.807, 2.05) is 31.2 Å². The van der Waals surface area contributed by atoms with Crippen LogP contribution in [0.5, 0.6) is 0 Å². The minimum atomic E-state index is -0.487. The normalized spacial score (nSPS) is 11.7. The van der Waals surface area contributed by atoms with Crippen molar-refractivity contribution in [3.05, 3.63) is 63.6 Å². The Bertz CT molecular complexity index is 595. The third-order valence-electron chi connectivity index (χ3n) is 2.71. The van der Waals surface area contributed by atoms with Crippen LogP contribution < -0.4 is 5.32 Å². The van der Waals surface area contributed by atoms with Crippen LogP contribution in [0.15, 0.2) is 42.5 Å². The molecule has 0 amide bonds. The lowest BCUT2D eigenvalue weighted by Gasteiger charge is -2.14. The van der Waals surface area contributed by atoms with Crippen molar-refractivity contribution in [3.8, 4) is 6.07 Å². The standard InChI is InChI=1S/C15H12Cl2N2/c1-10-2-4-14(5-3-10)19-15(9-18)11-6-12(16)8-13(17)7-11/h2-8,15,19H,1H3. The molecule has 2 nitrogen and oxygen atoms in total. The molecule has 0 heterocycles. The van der Waals surface area contributed by atoms with E-state index in [2.05, 4.69) is 11.4 Å². The van der Waals surface area contributed by atoms with Gasteiger partial charge in [0.15, 0.2) is 0 Å². The molecule has 1 unspecified atom stereocenters. The fourth-order valence-corrected chi connectivity index (χ4v) is 2.29. The molecule has 0 aliphatic carbocycles. The summed E-state index contributed by atoms with van der Waals surface area (Å²) >= 11 is 11.9. The van der Waals surface area contributed by atoms with E-state index in [4.69, 9.17) is 23.2 Å². The highest BCUT2D eigenvalue weighted by Crippen LogP contribution is 2.25. The van der Waals surface area contributed by atoms with Gasteiger partial charge in [-0.1, -0.05) is 40.9 Å². The summed E-state index contributed by atoms with van der Waals surface area (Å²) in [4.78, 5) is 0. The highest BCUT2D eigenvalue weighted by molar-refractivity contribution is 6.34. The number of benzene rings is 2. The second-order valence-electron chi connectivity index (χ2n) is 4.28. The molecule has 1 atom stereocenters. The first kappa shape index (κ1) is 13.7. The molecule has 0 saturated carbocycles. The van der Waals surface area contributed by atoms with E-state index in [1.165, 1.54) is 5.56 Å². The summed E-state index contributed by atoms with van der Waals surface area (Å²) in [5, 5.41) is 13.5. The summed E-state index contributed by atoms with van der Waals surface area (Å²) in [7, 11) is 0. The third kappa shape index (κ3) is 3.64. The van der Waals surface area contributed by atoms with Gasteiger partial charge in [0.25, 0.3) is 0 Å². The first-order valence-corrected chi connectivity index (χ1v) is 6.53. The summed E-state index contributed by atoms with van der Waals surface area (Å²) in [6.45, 7) is 2.02. The fourth-order valence-electron chi connectivity index (χ4n) is 1.75. The number of halogens is 2. The molecule has 4 heteroatoms. The molecule has 1 N–H and O–H groups in total. The van der Waals surface area contributed by atoms with Crippen LogP contribution in [-0.2, 0) is 0 Å². The van der Waals surface area contributed by atoms with Crippen LogP contribution in [0.3, 0.4) is 0 Å². The SMILES string of the molecule is Cc1ccc(NC(C#N)c2cc(Cl)cc(Cl)c2)cc1. The first-order chi connectivity index (χ1) is 9.08. The number of nitrogens with zero attached hydrogens (tertiary/aromatic N) is 1. The Morgan fingerprint density at radius 2 is 1.63 bits per heavy atom. The van der Waals surface area contributed by atoms with Crippen LogP contribution in [0.25, 0.3) is 0 Å². The Labute approximate surface area is 122 Å². The molecular weight excluding hydrogens is 279 g/mol. The number of hydrogen-bond acceptors (Lipinski definition) is 2. The molecule has 0 aromatic heterocycles. The van der Waals surface area contributed by atoms with Gasteiger partial charge in [-0.15, -0.1) is 0 Å². The maximum absolute atomic E-state index is 9.28. The van der Waals surface area contributed by atoms with Gasteiger partial charge in [-0.05, 0) is 42.8 Å². The molecule has 0 aliphatic heterocycles. The van der Waals surface area contributed by atoms with E-state index in [0.717, 1.165) is 11.3 Å². The molecule has 2 rings (SSSR count). The molecule has 0 spiro atoms. The van der Waals surface area contributed by atoms with E-state index < -0.39 is 6.04 Å². The Balaban J connectivity index is 2.25. The number of aryl methyl sites for hydroxylation is 1. The molecule has 0 saturated heterocycles. The maximum Gasteiger partial charge on any atom is 0.140 e. The van der Waals surface area contributed by atoms with Crippen LogP contribution in [0.1, 0.15) is 17.2 Å². The number of anilines is 1. The quantitative estimate of drug-likeness (QED) is 0.865. The molecule has 2 aromatic rings. The minimum absolute atomic E-state index is 0.487. The minimum Gasteiger partial charge on any atom is -0.366 e. The second-order valence-corrected chi connectivity index (χ2v) is 5.15. The monoisotopic (exact) mass is 290 g/mol. The largest absolute Gasteiger partial charge is 0.366 e. The van der Waals surface area contributed by atoms with Crippen molar-refractivity contribution >= 4 is 28.9 Å². The molecule has 19 heavy (non-hydrogen) atoms. The molecule has 0 fully saturated rings. The highest BCUT2D eigenvalue weighted by atomic mass is 35.5. The summed E-state index contributed by atoms with van der Waals surface area (Å²) in [5.74, 6) is 0. The average Bonchev–Trinajstić information content (AvgIpc) is 2.37. The zero-order valence-electron chi connectivity index (χ0n) is 10.3. The molecular formula is C15H12Cl2N2. The van der Waals surface area contributed by atoms with Crippen LogP contribution >= 0.6 is 23.2 Å². The predicted octanol–water partition coefficient (Wildman–Crippen LogP) is 4.98. The average molecular weight is 291 g/mol. The Hall–Kier alpha value is -1.69. The fraction of sp³-hybridized carbons (Fsp3) is 0.133. The van der Waals surface area contributed by atoms with E-state index in [1.54, 1.807) is 18.2 Å². The van der Waals surface area contributed by atoms with Crippen molar-refractivity contribution in [2.24, 2.45) is 0 Å². The van der Waals surface area contributed by atoms with Crippen molar-refractivity contribution in [2.45, 2.75) is 13.0 Å². The van der Waals surface area contributed by atoms with Gasteiger partial charge in [0.2, 0.25) is 0 Å². The maximum atomic E-state index is 9.28. The summed E-state index contributed by atoms with van der Waals surface area (Å²) in [6, 6.07) is 14.7. The van der Waals surface area contributed by atoms with Crippen molar-refractivity contribution in [3.63, 3.8) is 0 Å². The summed E-state index contributed by atoms with van der Waals surface area (Å²) in [6.07, 6.45) is 0. The van der Waals surface area contributed by atoms with Gasteiger partial charge in [0, 0.05) is 15.7 Å². The van der Waals surface area contributed by atoms with Crippen molar-refractivity contribution in [1.82, 2.24) is 0 Å². The van der Waals surface area contributed by atoms with Crippen LogP contribution in [0, 0.1) is 18.3 Å². The van der Waals surface area contributed by atoms with Gasteiger partial charge < -0.3 is 5.32 Å². The molecule has 0 aliphatic rings. The highest BCUT2D eigenvalue weighted by Gasteiger charge is 2.11. The van der Waals surface area contributed by atoms with E-state index >= 15 is 0 Å². The lowest BCUT2D eigenvalue weighted by molar-refractivity contribution is 0.998. The van der Waals surface area contributed by atoms with E-state index in [-0.39, 0.29) is 0 Å². The lowest BCUT2D eigenvalue weighted by Crippen LogP contribution is -2.08. The molecule has 2 aromatic carbocycles.